The first-order valence-electron chi connectivity index (χ1n) is 7.43. The lowest BCUT2D eigenvalue weighted by Gasteiger charge is -2.12. The molecule has 1 amide bonds. The third-order valence-electron chi connectivity index (χ3n) is 3.63. The van der Waals surface area contributed by atoms with E-state index in [4.69, 9.17) is 28.6 Å². The summed E-state index contributed by atoms with van der Waals surface area (Å²) in [5.74, 6) is 0.580. The van der Waals surface area contributed by atoms with Gasteiger partial charge in [-0.2, -0.15) is 0 Å². The van der Waals surface area contributed by atoms with Gasteiger partial charge in [-0.1, -0.05) is 53.8 Å². The molecule has 2 aromatic rings. The van der Waals surface area contributed by atoms with E-state index in [1.165, 1.54) is 16.7 Å². The van der Waals surface area contributed by atoms with Crippen molar-refractivity contribution in [1.82, 2.24) is 4.90 Å². The summed E-state index contributed by atoms with van der Waals surface area (Å²) in [6.07, 6.45) is 1.82. The van der Waals surface area contributed by atoms with Gasteiger partial charge in [-0.3, -0.25) is 9.69 Å². The van der Waals surface area contributed by atoms with Gasteiger partial charge in [-0.05, 0) is 61.7 Å². The normalized spacial score (nSPS) is 15.8. The van der Waals surface area contributed by atoms with Crippen molar-refractivity contribution < 1.29 is 9.53 Å². The van der Waals surface area contributed by atoms with E-state index in [-0.39, 0.29) is 5.91 Å². The molecule has 1 aliphatic rings. The highest BCUT2D eigenvalue weighted by Gasteiger charge is 2.28. The minimum Gasteiger partial charge on any atom is -0.486 e. The zero-order valence-corrected chi connectivity index (χ0v) is 19.0. The zero-order chi connectivity index (χ0) is 18.8. The van der Waals surface area contributed by atoms with Crippen molar-refractivity contribution in [2.24, 2.45) is 0 Å². The van der Waals surface area contributed by atoms with Gasteiger partial charge in [0.2, 0.25) is 0 Å². The fraction of sp³-hybridized carbons (Fsp3) is 0.111. The van der Waals surface area contributed by atoms with Crippen LogP contribution in [0.25, 0.3) is 6.08 Å². The number of carbonyl (C=O) groups is 1. The van der Waals surface area contributed by atoms with Crippen molar-refractivity contribution in [2.45, 2.75) is 6.61 Å². The molecular weight excluding hydrogens is 522 g/mol. The Morgan fingerprint density at radius 1 is 1.27 bits per heavy atom. The lowest BCUT2D eigenvalue weighted by atomic mass is 10.2. The van der Waals surface area contributed by atoms with Gasteiger partial charge in [0.25, 0.3) is 5.91 Å². The number of benzene rings is 2. The Morgan fingerprint density at radius 3 is 2.50 bits per heavy atom. The van der Waals surface area contributed by atoms with Crippen LogP contribution in [0.4, 0.5) is 0 Å². The van der Waals surface area contributed by atoms with E-state index >= 15 is 0 Å². The molecule has 3 nitrogen and oxygen atoms in total. The number of hydrogen-bond acceptors (Lipinski definition) is 4. The number of ether oxygens (including phenoxy) is 1. The van der Waals surface area contributed by atoms with Crippen LogP contribution < -0.4 is 4.74 Å². The second-order valence-corrected chi connectivity index (χ2v) is 9.23. The summed E-state index contributed by atoms with van der Waals surface area (Å²) < 4.78 is 8.02. The van der Waals surface area contributed by atoms with E-state index in [1.54, 1.807) is 7.05 Å². The van der Waals surface area contributed by atoms with Crippen LogP contribution >= 0.6 is 67.4 Å². The Hall–Kier alpha value is -0.860. The summed E-state index contributed by atoms with van der Waals surface area (Å²) in [5.41, 5.74) is 1.77. The first kappa shape index (κ1) is 19.9. The maximum Gasteiger partial charge on any atom is 0.265 e. The number of carbonyl (C=O) groups excluding carboxylic acids is 1. The van der Waals surface area contributed by atoms with Gasteiger partial charge >= 0.3 is 0 Å². The predicted octanol–water partition coefficient (Wildman–Crippen LogP) is 6.28. The van der Waals surface area contributed by atoms with Crippen molar-refractivity contribution in [2.75, 3.05) is 7.05 Å². The highest BCUT2D eigenvalue weighted by atomic mass is 79.9. The summed E-state index contributed by atoms with van der Waals surface area (Å²) in [4.78, 5) is 14.2. The van der Waals surface area contributed by atoms with Crippen molar-refractivity contribution in [3.63, 3.8) is 0 Å². The standard InChI is InChI=1S/C18H12Br2ClNO2S2/c1-22-17(23)15(26-18(22)25)8-10-6-12(19)16(13(20)7-10)24-9-11-4-2-3-5-14(11)21/h2-8H,9H2,1H3/b15-8+. The predicted molar refractivity (Wildman–Crippen MR) is 119 cm³/mol. The number of amides is 1. The Balaban J connectivity index is 1.82. The molecule has 0 aromatic heterocycles. The number of hydrogen-bond donors (Lipinski definition) is 0. The highest BCUT2D eigenvalue weighted by molar-refractivity contribution is 9.11. The minimum atomic E-state index is -0.0914. The van der Waals surface area contributed by atoms with Gasteiger partial charge in [0.05, 0.1) is 13.9 Å². The Bertz CT molecular complexity index is 910. The molecule has 0 aliphatic carbocycles. The summed E-state index contributed by atoms with van der Waals surface area (Å²) in [7, 11) is 1.68. The molecule has 0 saturated carbocycles. The molecule has 0 atom stereocenters. The molecule has 1 fully saturated rings. The van der Waals surface area contributed by atoms with Crippen molar-refractivity contribution in [3.8, 4) is 5.75 Å². The second kappa shape index (κ2) is 8.44. The van der Waals surface area contributed by atoms with Gasteiger partial charge in [-0.25, -0.2) is 0 Å². The van der Waals surface area contributed by atoms with Gasteiger partial charge in [0, 0.05) is 17.6 Å². The van der Waals surface area contributed by atoms with Crippen LogP contribution in [0.1, 0.15) is 11.1 Å². The number of rotatable bonds is 4. The first-order valence-corrected chi connectivity index (χ1v) is 10.6. The second-order valence-electron chi connectivity index (χ2n) is 5.43. The molecule has 134 valence electrons. The smallest absolute Gasteiger partial charge is 0.265 e. The van der Waals surface area contributed by atoms with Crippen LogP contribution in [0.5, 0.6) is 5.75 Å². The summed E-state index contributed by atoms with van der Waals surface area (Å²) in [6, 6.07) is 11.3. The number of nitrogens with zero attached hydrogens (tertiary/aromatic N) is 1. The van der Waals surface area contributed by atoms with Gasteiger partial charge in [-0.15, -0.1) is 0 Å². The highest BCUT2D eigenvalue weighted by Crippen LogP contribution is 2.38. The SMILES string of the molecule is CN1C(=O)/C(=C\c2cc(Br)c(OCc3ccccc3Cl)c(Br)c2)SC1=S. The van der Waals surface area contributed by atoms with Crippen LogP contribution in [-0.4, -0.2) is 22.2 Å². The van der Waals surface area contributed by atoms with Crippen LogP contribution in [0.15, 0.2) is 50.2 Å². The van der Waals surface area contributed by atoms with Crippen molar-refractivity contribution >= 4 is 83.7 Å². The summed E-state index contributed by atoms with van der Waals surface area (Å²) >= 11 is 19.7. The minimum absolute atomic E-state index is 0.0914. The maximum absolute atomic E-state index is 12.1. The average molecular weight is 534 g/mol. The number of thiocarbonyl (C=S) groups is 1. The van der Waals surface area contributed by atoms with E-state index in [2.05, 4.69) is 31.9 Å². The monoisotopic (exact) mass is 531 g/mol. The zero-order valence-electron chi connectivity index (χ0n) is 13.5. The average Bonchev–Trinajstić information content (AvgIpc) is 2.82. The number of thioether (sulfide) groups is 1. The molecule has 0 spiro atoms. The van der Waals surface area contributed by atoms with Gasteiger partial charge < -0.3 is 4.74 Å². The quantitative estimate of drug-likeness (QED) is 0.342. The molecule has 0 bridgehead atoms. The molecule has 1 aliphatic heterocycles. The van der Waals surface area contributed by atoms with Gasteiger partial charge in [0.1, 0.15) is 16.7 Å². The van der Waals surface area contributed by atoms with Crippen molar-refractivity contribution in [3.05, 3.63) is 66.4 Å². The molecule has 26 heavy (non-hydrogen) atoms. The van der Waals surface area contributed by atoms with E-state index in [0.29, 0.717) is 26.6 Å². The molecule has 1 heterocycles. The van der Waals surface area contributed by atoms with E-state index < -0.39 is 0 Å². The van der Waals surface area contributed by atoms with Crippen molar-refractivity contribution in [1.29, 1.82) is 0 Å². The van der Waals surface area contributed by atoms with E-state index in [0.717, 1.165) is 20.1 Å². The fourth-order valence-electron chi connectivity index (χ4n) is 2.26. The van der Waals surface area contributed by atoms with Crippen LogP contribution in [0.3, 0.4) is 0 Å². The summed E-state index contributed by atoms with van der Waals surface area (Å²) in [6.45, 7) is 0.352. The van der Waals surface area contributed by atoms with Gasteiger partial charge in [0.15, 0.2) is 0 Å². The number of likely N-dealkylation sites (N-methyl/N-ethyl adjacent to an activating group) is 1. The Kier molecular flexibility index (Phi) is 6.45. The third-order valence-corrected chi connectivity index (χ3v) is 6.67. The lowest BCUT2D eigenvalue weighted by molar-refractivity contribution is -0.121. The largest absolute Gasteiger partial charge is 0.486 e. The van der Waals surface area contributed by atoms with Crippen LogP contribution in [-0.2, 0) is 11.4 Å². The maximum atomic E-state index is 12.1. The third kappa shape index (κ3) is 4.34. The molecule has 0 radical (unpaired) electrons. The first-order chi connectivity index (χ1) is 12.4. The van der Waals surface area contributed by atoms with Crippen LogP contribution in [0.2, 0.25) is 5.02 Å². The van der Waals surface area contributed by atoms with Crippen LogP contribution in [0, 0.1) is 0 Å². The molecule has 2 aromatic carbocycles. The molecule has 8 heteroatoms. The molecule has 1 saturated heterocycles. The fourth-order valence-corrected chi connectivity index (χ4v) is 5.08. The Labute approximate surface area is 183 Å². The molecule has 3 rings (SSSR count). The molecule has 0 unspecified atom stereocenters. The lowest BCUT2D eigenvalue weighted by Crippen LogP contribution is -2.22. The number of halogens is 3. The molecule has 0 N–H and O–H groups in total. The van der Waals surface area contributed by atoms with E-state index in [9.17, 15) is 4.79 Å². The topological polar surface area (TPSA) is 29.5 Å². The summed E-state index contributed by atoms with van der Waals surface area (Å²) in [5, 5.41) is 0.665. The van der Waals surface area contributed by atoms with E-state index in [1.807, 2.05) is 42.5 Å². The Morgan fingerprint density at radius 2 is 1.92 bits per heavy atom. The molecular formula is C18H12Br2ClNO2S2.